The molecular formula is C8H13ClN2S. The molecule has 0 aliphatic heterocycles. The van der Waals surface area contributed by atoms with E-state index in [0.29, 0.717) is 0 Å². The first-order chi connectivity index (χ1) is 5.59. The Kier molecular flexibility index (Phi) is 3.38. The van der Waals surface area contributed by atoms with E-state index in [1.54, 1.807) is 11.3 Å². The molecule has 1 unspecified atom stereocenters. The first-order valence-electron chi connectivity index (χ1n) is 3.81. The van der Waals surface area contributed by atoms with E-state index in [1.165, 1.54) is 0 Å². The summed E-state index contributed by atoms with van der Waals surface area (Å²) in [5, 5.41) is 1.16. The van der Waals surface area contributed by atoms with Crippen LogP contribution >= 0.6 is 22.9 Å². The number of nitrogens with zero attached hydrogens (tertiary/aromatic N) is 1. The zero-order valence-corrected chi connectivity index (χ0v) is 8.82. The van der Waals surface area contributed by atoms with E-state index in [4.69, 9.17) is 17.3 Å². The lowest BCUT2D eigenvalue weighted by Gasteiger charge is -2.18. The molecule has 0 bridgehead atoms. The minimum atomic E-state index is 0.191. The standard InChI is InChI=1S/C8H13ClN2S/c1-6(10)5-11(2)8-4-3-7(9)12-8/h3-4,6H,5,10H2,1-2H3. The molecule has 2 N–H and O–H groups in total. The van der Waals surface area contributed by atoms with Crippen molar-refractivity contribution in [1.29, 1.82) is 0 Å². The molecule has 0 spiro atoms. The van der Waals surface area contributed by atoms with Crippen molar-refractivity contribution in [3.63, 3.8) is 0 Å². The number of hydrogen-bond donors (Lipinski definition) is 1. The van der Waals surface area contributed by atoms with E-state index in [1.807, 2.05) is 26.1 Å². The summed E-state index contributed by atoms with van der Waals surface area (Å²) < 4.78 is 0.821. The van der Waals surface area contributed by atoms with Crippen LogP contribution in [0.5, 0.6) is 0 Å². The molecule has 0 saturated carbocycles. The third-order valence-electron chi connectivity index (χ3n) is 1.50. The summed E-state index contributed by atoms with van der Waals surface area (Å²) in [6.45, 7) is 2.85. The molecule has 1 aromatic rings. The molecule has 0 aliphatic rings. The second kappa shape index (κ2) is 4.12. The zero-order chi connectivity index (χ0) is 9.14. The number of anilines is 1. The van der Waals surface area contributed by atoms with Crippen molar-refractivity contribution in [2.24, 2.45) is 5.73 Å². The summed E-state index contributed by atoms with van der Waals surface area (Å²) in [6, 6.07) is 4.10. The van der Waals surface area contributed by atoms with Gasteiger partial charge in [-0.1, -0.05) is 11.6 Å². The van der Waals surface area contributed by atoms with Gasteiger partial charge in [0.05, 0.1) is 9.34 Å². The monoisotopic (exact) mass is 204 g/mol. The molecule has 0 aliphatic carbocycles. The topological polar surface area (TPSA) is 29.3 Å². The average molecular weight is 205 g/mol. The molecule has 1 heterocycles. The number of halogens is 1. The Hall–Kier alpha value is -0.250. The van der Waals surface area contributed by atoms with E-state index in [0.717, 1.165) is 15.9 Å². The summed E-state index contributed by atoms with van der Waals surface area (Å²) in [4.78, 5) is 2.11. The van der Waals surface area contributed by atoms with Crippen LogP contribution < -0.4 is 10.6 Å². The van der Waals surface area contributed by atoms with E-state index in [-0.39, 0.29) is 6.04 Å². The molecule has 1 aromatic heterocycles. The number of hydrogen-bond acceptors (Lipinski definition) is 3. The maximum Gasteiger partial charge on any atom is 0.0950 e. The fraction of sp³-hybridized carbons (Fsp3) is 0.500. The largest absolute Gasteiger partial charge is 0.365 e. The SMILES string of the molecule is CC(N)CN(C)c1ccc(Cl)s1. The second-order valence-corrected chi connectivity index (χ2v) is 4.63. The van der Waals surface area contributed by atoms with Gasteiger partial charge in [-0.2, -0.15) is 0 Å². The summed E-state index contributed by atoms with van der Waals surface area (Å²) in [5.41, 5.74) is 5.67. The molecule has 0 radical (unpaired) electrons. The Morgan fingerprint density at radius 2 is 2.33 bits per heavy atom. The lowest BCUT2D eigenvalue weighted by Crippen LogP contribution is -2.32. The predicted molar refractivity (Wildman–Crippen MR) is 56.2 cm³/mol. The summed E-state index contributed by atoms with van der Waals surface area (Å²) in [5.74, 6) is 0. The van der Waals surface area contributed by atoms with Crippen molar-refractivity contribution in [1.82, 2.24) is 0 Å². The Balaban J connectivity index is 2.58. The summed E-state index contributed by atoms with van der Waals surface area (Å²) in [6.07, 6.45) is 0. The zero-order valence-electron chi connectivity index (χ0n) is 7.25. The number of rotatable bonds is 3. The second-order valence-electron chi connectivity index (χ2n) is 2.94. The van der Waals surface area contributed by atoms with Gasteiger partial charge >= 0.3 is 0 Å². The molecule has 1 atom stereocenters. The van der Waals surface area contributed by atoms with Gasteiger partial charge in [-0.15, -0.1) is 11.3 Å². The molecule has 0 saturated heterocycles. The van der Waals surface area contributed by atoms with Crippen LogP contribution in [0.25, 0.3) is 0 Å². The van der Waals surface area contributed by atoms with Gasteiger partial charge in [0.2, 0.25) is 0 Å². The van der Waals surface area contributed by atoms with Crippen LogP contribution in [0, 0.1) is 0 Å². The van der Waals surface area contributed by atoms with Crippen LogP contribution in [-0.4, -0.2) is 19.6 Å². The Bertz CT molecular complexity index is 247. The third-order valence-corrected chi connectivity index (χ3v) is 2.84. The maximum absolute atomic E-state index is 5.80. The van der Waals surface area contributed by atoms with E-state index in [2.05, 4.69) is 4.90 Å². The number of likely N-dealkylation sites (N-methyl/N-ethyl adjacent to an activating group) is 1. The van der Waals surface area contributed by atoms with Gasteiger partial charge in [0.1, 0.15) is 0 Å². The van der Waals surface area contributed by atoms with Crippen molar-refractivity contribution >= 4 is 27.9 Å². The van der Waals surface area contributed by atoms with E-state index >= 15 is 0 Å². The molecular weight excluding hydrogens is 192 g/mol. The van der Waals surface area contributed by atoms with Crippen molar-refractivity contribution in [2.45, 2.75) is 13.0 Å². The van der Waals surface area contributed by atoms with Crippen LogP contribution in [0.1, 0.15) is 6.92 Å². The van der Waals surface area contributed by atoms with Gasteiger partial charge in [-0.25, -0.2) is 0 Å². The molecule has 12 heavy (non-hydrogen) atoms. The van der Waals surface area contributed by atoms with Crippen molar-refractivity contribution < 1.29 is 0 Å². The average Bonchev–Trinajstić information content (AvgIpc) is 2.34. The van der Waals surface area contributed by atoms with Crippen LogP contribution in [0.15, 0.2) is 12.1 Å². The quantitative estimate of drug-likeness (QED) is 0.818. The molecule has 0 fully saturated rings. The van der Waals surface area contributed by atoms with Crippen molar-refractivity contribution in [2.75, 3.05) is 18.5 Å². The first kappa shape index (κ1) is 9.84. The van der Waals surface area contributed by atoms with Crippen LogP contribution in [-0.2, 0) is 0 Å². The number of nitrogens with two attached hydrogens (primary N) is 1. The Labute approximate surface area is 81.9 Å². The van der Waals surface area contributed by atoms with Gasteiger partial charge in [-0.3, -0.25) is 0 Å². The highest BCUT2D eigenvalue weighted by Gasteiger charge is 2.05. The minimum absolute atomic E-state index is 0.191. The molecule has 68 valence electrons. The summed E-state index contributed by atoms with van der Waals surface area (Å²) >= 11 is 7.38. The Morgan fingerprint density at radius 1 is 1.67 bits per heavy atom. The van der Waals surface area contributed by atoms with Gasteiger partial charge < -0.3 is 10.6 Å². The predicted octanol–water partition coefficient (Wildman–Crippen LogP) is 2.18. The lowest BCUT2D eigenvalue weighted by molar-refractivity contribution is 0.721. The molecule has 0 amide bonds. The maximum atomic E-state index is 5.80. The summed E-state index contributed by atoms with van der Waals surface area (Å²) in [7, 11) is 2.02. The number of thiophene rings is 1. The van der Waals surface area contributed by atoms with E-state index < -0.39 is 0 Å². The van der Waals surface area contributed by atoms with Crippen LogP contribution in [0.3, 0.4) is 0 Å². The van der Waals surface area contributed by atoms with Crippen molar-refractivity contribution in [3.05, 3.63) is 16.5 Å². The Morgan fingerprint density at radius 3 is 2.75 bits per heavy atom. The highest BCUT2D eigenvalue weighted by atomic mass is 35.5. The van der Waals surface area contributed by atoms with Crippen LogP contribution in [0.2, 0.25) is 4.34 Å². The minimum Gasteiger partial charge on any atom is -0.365 e. The smallest absolute Gasteiger partial charge is 0.0950 e. The lowest BCUT2D eigenvalue weighted by atomic mass is 10.3. The fourth-order valence-corrected chi connectivity index (χ4v) is 2.03. The van der Waals surface area contributed by atoms with Gasteiger partial charge in [0, 0.05) is 19.6 Å². The third kappa shape index (κ3) is 2.66. The fourth-order valence-electron chi connectivity index (χ4n) is 1.03. The van der Waals surface area contributed by atoms with Gasteiger partial charge in [-0.05, 0) is 19.1 Å². The van der Waals surface area contributed by atoms with Crippen LogP contribution in [0.4, 0.5) is 5.00 Å². The van der Waals surface area contributed by atoms with E-state index in [9.17, 15) is 0 Å². The van der Waals surface area contributed by atoms with Gasteiger partial charge in [0.15, 0.2) is 0 Å². The molecule has 4 heteroatoms. The highest BCUT2D eigenvalue weighted by Crippen LogP contribution is 2.28. The van der Waals surface area contributed by atoms with Gasteiger partial charge in [0.25, 0.3) is 0 Å². The highest BCUT2D eigenvalue weighted by molar-refractivity contribution is 7.19. The molecule has 1 rings (SSSR count). The van der Waals surface area contributed by atoms with Crippen molar-refractivity contribution in [3.8, 4) is 0 Å². The normalized spacial score (nSPS) is 13.0. The molecule has 2 nitrogen and oxygen atoms in total. The first-order valence-corrected chi connectivity index (χ1v) is 5.01. The molecule has 0 aromatic carbocycles.